The van der Waals surface area contributed by atoms with Crippen molar-refractivity contribution in [2.75, 3.05) is 7.11 Å². The average Bonchev–Trinajstić information content (AvgIpc) is 2.79. The second-order valence-electron chi connectivity index (χ2n) is 9.04. The van der Waals surface area contributed by atoms with E-state index in [4.69, 9.17) is 13.9 Å². The first-order chi connectivity index (χ1) is 16.1. The van der Waals surface area contributed by atoms with E-state index < -0.39 is 23.5 Å². The third-order valence-corrected chi connectivity index (χ3v) is 6.18. The van der Waals surface area contributed by atoms with Gasteiger partial charge in [-0.05, 0) is 44.7 Å². The van der Waals surface area contributed by atoms with Crippen LogP contribution in [0.15, 0.2) is 45.6 Å². The first-order valence-electron chi connectivity index (χ1n) is 11.0. The van der Waals surface area contributed by atoms with Crippen LogP contribution in [0.1, 0.15) is 48.6 Å². The number of hydrogen-bond acceptors (Lipinski definition) is 6. The number of amides is 1. The molecule has 178 valence electrons. The van der Waals surface area contributed by atoms with Crippen LogP contribution in [0.4, 0.5) is 0 Å². The Bertz CT molecular complexity index is 1320. The summed E-state index contributed by atoms with van der Waals surface area (Å²) in [5.74, 6) is -0.714. The molecule has 0 saturated heterocycles. The van der Waals surface area contributed by atoms with E-state index in [1.54, 1.807) is 43.3 Å². The highest BCUT2D eigenvalue weighted by Gasteiger charge is 2.31. The molecule has 2 N–H and O–H groups in total. The number of carboxylic acid groups (broad SMARTS) is 1. The summed E-state index contributed by atoms with van der Waals surface area (Å²) in [6, 6.07) is 8.92. The van der Waals surface area contributed by atoms with Gasteiger partial charge in [-0.25, -0.2) is 9.59 Å². The molecule has 4 rings (SSSR count). The van der Waals surface area contributed by atoms with Gasteiger partial charge >= 0.3 is 11.6 Å². The van der Waals surface area contributed by atoms with Crippen LogP contribution in [0.5, 0.6) is 11.5 Å². The molecule has 1 aliphatic heterocycles. The Morgan fingerprint density at radius 1 is 1.24 bits per heavy atom. The van der Waals surface area contributed by atoms with Crippen LogP contribution in [0.2, 0.25) is 0 Å². The van der Waals surface area contributed by atoms with Gasteiger partial charge in [-0.2, -0.15) is 0 Å². The van der Waals surface area contributed by atoms with Crippen molar-refractivity contribution in [2.45, 2.75) is 51.7 Å². The lowest BCUT2D eigenvalue weighted by Crippen LogP contribution is -2.35. The zero-order valence-electron chi connectivity index (χ0n) is 19.6. The lowest BCUT2D eigenvalue weighted by Gasteiger charge is -2.33. The highest BCUT2D eigenvalue weighted by molar-refractivity contribution is 5.93. The molecule has 0 radical (unpaired) electrons. The van der Waals surface area contributed by atoms with E-state index in [1.807, 2.05) is 13.8 Å². The van der Waals surface area contributed by atoms with Crippen molar-refractivity contribution in [3.8, 4) is 11.5 Å². The summed E-state index contributed by atoms with van der Waals surface area (Å²) >= 11 is 0. The van der Waals surface area contributed by atoms with Gasteiger partial charge in [-0.15, -0.1) is 0 Å². The number of aliphatic carboxylic acids is 1. The molecule has 3 aromatic rings. The van der Waals surface area contributed by atoms with Crippen LogP contribution in [0, 0.1) is 6.92 Å². The Morgan fingerprint density at radius 2 is 1.94 bits per heavy atom. The molecule has 8 heteroatoms. The molecule has 8 nitrogen and oxygen atoms in total. The molecule has 1 amide bonds. The van der Waals surface area contributed by atoms with Gasteiger partial charge in [0.15, 0.2) is 6.04 Å². The number of rotatable bonds is 6. The molecule has 0 fully saturated rings. The van der Waals surface area contributed by atoms with Crippen LogP contribution in [-0.2, 0) is 22.4 Å². The quantitative estimate of drug-likeness (QED) is 0.534. The molecule has 2 aromatic carbocycles. The van der Waals surface area contributed by atoms with E-state index in [0.717, 1.165) is 12.0 Å². The van der Waals surface area contributed by atoms with E-state index in [-0.39, 0.29) is 17.6 Å². The number of fused-ring (bicyclic) bond motifs is 3. The minimum absolute atomic E-state index is 0.150. The number of hydrogen-bond donors (Lipinski definition) is 2. The Balaban J connectivity index is 1.72. The number of carbonyl (C=O) groups excluding carboxylic acids is 1. The predicted molar refractivity (Wildman–Crippen MR) is 125 cm³/mol. The lowest BCUT2D eigenvalue weighted by atomic mass is 9.91. The van der Waals surface area contributed by atoms with E-state index in [1.165, 1.54) is 7.11 Å². The Labute approximate surface area is 196 Å². The predicted octanol–water partition coefficient (Wildman–Crippen LogP) is 3.70. The summed E-state index contributed by atoms with van der Waals surface area (Å²) in [4.78, 5) is 37.5. The third kappa shape index (κ3) is 4.35. The van der Waals surface area contributed by atoms with Crippen molar-refractivity contribution in [3.05, 3.63) is 69.1 Å². The molecular formula is C26H27NO7. The summed E-state index contributed by atoms with van der Waals surface area (Å²) in [5, 5.41) is 12.7. The smallest absolute Gasteiger partial charge is 0.340 e. The molecule has 2 heterocycles. The second-order valence-corrected chi connectivity index (χ2v) is 9.04. The van der Waals surface area contributed by atoms with Gasteiger partial charge in [0.05, 0.1) is 24.5 Å². The molecule has 0 unspecified atom stereocenters. The number of nitrogens with one attached hydrogen (secondary N) is 1. The van der Waals surface area contributed by atoms with Crippen LogP contribution in [0.3, 0.4) is 0 Å². The van der Waals surface area contributed by atoms with Crippen molar-refractivity contribution < 1.29 is 28.6 Å². The Kier molecular flexibility index (Phi) is 6.08. The maximum Gasteiger partial charge on any atom is 0.340 e. The molecule has 0 spiro atoms. The Hall–Kier alpha value is -3.81. The van der Waals surface area contributed by atoms with Gasteiger partial charge in [0.1, 0.15) is 22.7 Å². The molecule has 0 saturated carbocycles. The van der Waals surface area contributed by atoms with E-state index >= 15 is 0 Å². The molecule has 0 aliphatic carbocycles. The minimum atomic E-state index is -1.23. The summed E-state index contributed by atoms with van der Waals surface area (Å²) < 4.78 is 17.4. The summed E-state index contributed by atoms with van der Waals surface area (Å²) in [7, 11) is 1.52. The molecule has 1 aromatic heterocycles. The molecule has 1 aliphatic rings. The van der Waals surface area contributed by atoms with E-state index in [0.29, 0.717) is 40.0 Å². The van der Waals surface area contributed by atoms with Gasteiger partial charge in [0.25, 0.3) is 0 Å². The molecule has 34 heavy (non-hydrogen) atoms. The fourth-order valence-corrected chi connectivity index (χ4v) is 4.35. The van der Waals surface area contributed by atoms with Gasteiger partial charge in [-0.3, -0.25) is 4.79 Å². The number of aryl methyl sites for hydroxylation is 2. The van der Waals surface area contributed by atoms with Crippen LogP contribution < -0.4 is 20.4 Å². The van der Waals surface area contributed by atoms with Crippen molar-refractivity contribution in [3.63, 3.8) is 0 Å². The number of methoxy groups -OCH3 is 1. The fourth-order valence-electron chi connectivity index (χ4n) is 4.35. The van der Waals surface area contributed by atoms with Crippen LogP contribution >= 0.6 is 0 Å². The monoisotopic (exact) mass is 465 g/mol. The van der Waals surface area contributed by atoms with Crippen molar-refractivity contribution in [2.24, 2.45) is 0 Å². The average molecular weight is 466 g/mol. The maximum atomic E-state index is 12.9. The number of carbonyl (C=O) groups is 2. The highest BCUT2D eigenvalue weighted by atomic mass is 16.5. The third-order valence-electron chi connectivity index (χ3n) is 6.18. The van der Waals surface area contributed by atoms with Crippen molar-refractivity contribution in [1.29, 1.82) is 0 Å². The zero-order valence-corrected chi connectivity index (χ0v) is 19.6. The number of benzene rings is 2. The number of carboxylic acids is 1. The maximum absolute atomic E-state index is 12.9. The van der Waals surface area contributed by atoms with Gasteiger partial charge in [0, 0.05) is 11.6 Å². The Morgan fingerprint density at radius 3 is 2.59 bits per heavy atom. The molecular weight excluding hydrogens is 438 g/mol. The number of ether oxygens (including phenoxy) is 2. The van der Waals surface area contributed by atoms with Crippen molar-refractivity contribution in [1.82, 2.24) is 5.32 Å². The lowest BCUT2D eigenvalue weighted by molar-refractivity contribution is -0.142. The first kappa shape index (κ1) is 23.4. The van der Waals surface area contributed by atoms with Gasteiger partial charge in [-0.1, -0.05) is 30.3 Å². The topological polar surface area (TPSA) is 115 Å². The van der Waals surface area contributed by atoms with Crippen LogP contribution in [0.25, 0.3) is 11.0 Å². The second kappa shape index (κ2) is 8.85. The van der Waals surface area contributed by atoms with Crippen LogP contribution in [-0.4, -0.2) is 29.7 Å². The largest absolute Gasteiger partial charge is 0.496 e. The summed E-state index contributed by atoms with van der Waals surface area (Å²) in [6.07, 6.45) is 1.09. The molecule has 0 bridgehead atoms. The van der Waals surface area contributed by atoms with E-state index in [9.17, 15) is 19.5 Å². The van der Waals surface area contributed by atoms with Gasteiger partial charge in [0.2, 0.25) is 5.91 Å². The summed E-state index contributed by atoms with van der Waals surface area (Å²) in [5.41, 5.74) is 1.33. The highest BCUT2D eigenvalue weighted by Crippen LogP contribution is 2.43. The zero-order chi connectivity index (χ0) is 24.6. The minimum Gasteiger partial charge on any atom is -0.496 e. The fraction of sp³-hybridized carbons (Fsp3) is 0.346. The summed E-state index contributed by atoms with van der Waals surface area (Å²) in [6.45, 7) is 5.72. The van der Waals surface area contributed by atoms with Crippen molar-refractivity contribution >= 4 is 22.8 Å². The normalized spacial score (nSPS) is 15.2. The van der Waals surface area contributed by atoms with Gasteiger partial charge < -0.3 is 24.3 Å². The molecule has 1 atom stereocenters. The standard InChI is InChI=1S/C26H27NO7/c1-14-17(12-20(28)27-22(24(29)30)15-8-6-5-7-9-15)25(31)33-23-16-10-11-26(2,3)34-18(16)13-19(32-4)21(14)23/h5-9,13,22H,10-12H2,1-4H3,(H,27,28)(H,29,30)/t22-/m0/s1. The SMILES string of the molecule is COc1cc2c(c3oc(=O)c(CC(=O)N[C@H](C(=O)O)c4ccccc4)c(C)c13)CCC(C)(C)O2. The first-order valence-corrected chi connectivity index (χ1v) is 11.0. The van der Waals surface area contributed by atoms with E-state index in [2.05, 4.69) is 5.32 Å².